The molecule has 5 N–H and O–H groups in total. The summed E-state index contributed by atoms with van der Waals surface area (Å²) in [5, 5.41) is 35.1. The molecule has 14 heteroatoms. The van der Waals surface area contributed by atoms with Crippen molar-refractivity contribution in [3.63, 3.8) is 0 Å². The van der Waals surface area contributed by atoms with E-state index in [0.717, 1.165) is 6.07 Å². The zero-order valence-electron chi connectivity index (χ0n) is 23.7. The lowest BCUT2D eigenvalue weighted by Crippen LogP contribution is -2.52. The van der Waals surface area contributed by atoms with Crippen LogP contribution >= 0.6 is 11.6 Å². The second kappa shape index (κ2) is 12.0. The van der Waals surface area contributed by atoms with Crippen LogP contribution in [0.15, 0.2) is 35.2 Å². The van der Waals surface area contributed by atoms with Gasteiger partial charge in [0.1, 0.15) is 0 Å². The molecule has 236 valence electrons. The molecule has 0 heterocycles. The van der Waals surface area contributed by atoms with Gasteiger partial charge in [0.2, 0.25) is 5.91 Å². The van der Waals surface area contributed by atoms with Crippen LogP contribution in [0.25, 0.3) is 0 Å². The third-order valence-corrected chi connectivity index (χ3v) is 11.3. The number of carbonyl (C=O) groups is 2. The van der Waals surface area contributed by atoms with Gasteiger partial charge < -0.3 is 26.0 Å². The summed E-state index contributed by atoms with van der Waals surface area (Å²) in [6, 6.07) is 4.65. The first-order chi connectivity index (χ1) is 19.8. The topological polar surface area (TPSA) is 153 Å². The van der Waals surface area contributed by atoms with E-state index < -0.39 is 73.5 Å². The average Bonchev–Trinajstić information content (AvgIpc) is 3.02. The Hall–Kier alpha value is -2.71. The number of aliphatic hydroxyl groups excluding tert-OH is 1. The van der Waals surface area contributed by atoms with Crippen molar-refractivity contribution in [2.45, 2.75) is 73.9 Å². The highest BCUT2D eigenvalue weighted by atomic mass is 35.5. The van der Waals surface area contributed by atoms with Gasteiger partial charge in [-0.3, -0.25) is 9.59 Å². The van der Waals surface area contributed by atoms with E-state index in [1.165, 1.54) is 26.0 Å². The number of hydrogen-bond acceptors (Lipinski definition) is 7. The lowest BCUT2D eigenvalue weighted by molar-refractivity contribution is -0.134. The van der Waals surface area contributed by atoms with E-state index in [0.29, 0.717) is 18.6 Å². The molecule has 0 radical (unpaired) electrons. The highest BCUT2D eigenvalue weighted by Crippen LogP contribution is 2.56. The van der Waals surface area contributed by atoms with E-state index in [-0.39, 0.29) is 52.9 Å². The number of nitrogens with one attached hydrogen (secondary N) is 2. The van der Waals surface area contributed by atoms with Crippen molar-refractivity contribution in [3.05, 3.63) is 58.4 Å². The molecule has 2 aromatic carbocycles. The van der Waals surface area contributed by atoms with Crippen LogP contribution in [0.1, 0.15) is 56.8 Å². The molecule has 2 aromatic rings. The maximum Gasteiger partial charge on any atom is 0.255 e. The summed E-state index contributed by atoms with van der Waals surface area (Å²) in [5.41, 5.74) is -3.49. The normalized spacial score (nSPS) is 26.2. The van der Waals surface area contributed by atoms with E-state index in [4.69, 9.17) is 11.6 Å². The van der Waals surface area contributed by atoms with Gasteiger partial charge in [-0.1, -0.05) is 18.5 Å². The minimum atomic E-state index is -4.16. The molecule has 0 aromatic heterocycles. The van der Waals surface area contributed by atoms with Crippen molar-refractivity contribution in [1.29, 1.82) is 0 Å². The fourth-order valence-electron chi connectivity index (χ4n) is 6.23. The standard InChI is InChI=1S/C29H34ClF3N2O7S/c1-14-6-16-8-18(11-19(14)29(16,40)12-25(37)34-13-24(36)28(2,3)39)43(41,42)23-7-15(4-5-20(23)30)27(38)35-17-9-21(31)26(33)22(32)10-17/h4-5,7,9-10,14,16,18-19,24,36,39-40H,6,8,11-13H2,1-3H3,(H,34,37)(H,35,38)/t14-,16?,18?,19?,24?,29+/m0/s1. The van der Waals surface area contributed by atoms with E-state index in [1.54, 1.807) is 0 Å². The minimum absolute atomic E-state index is 0.0248. The number of amides is 2. The van der Waals surface area contributed by atoms with Crippen molar-refractivity contribution < 1.29 is 46.5 Å². The highest BCUT2D eigenvalue weighted by Gasteiger charge is 2.59. The Bertz CT molecular complexity index is 1510. The summed E-state index contributed by atoms with van der Waals surface area (Å²) < 4.78 is 68.1. The van der Waals surface area contributed by atoms with Crippen LogP contribution in [0.3, 0.4) is 0 Å². The van der Waals surface area contributed by atoms with Crippen LogP contribution in [0.5, 0.6) is 0 Å². The molecule has 2 aliphatic rings. The fraction of sp³-hybridized carbons (Fsp3) is 0.517. The molecule has 6 atom stereocenters. The number of halogens is 4. The first-order valence-electron chi connectivity index (χ1n) is 13.7. The molecular formula is C29H34ClF3N2O7S. The largest absolute Gasteiger partial charge is 0.389 e. The van der Waals surface area contributed by atoms with E-state index in [9.17, 15) is 46.5 Å². The number of aliphatic hydroxyl groups is 3. The summed E-state index contributed by atoms with van der Waals surface area (Å²) in [5.74, 6) is -7.38. The van der Waals surface area contributed by atoms with Gasteiger partial charge in [0.15, 0.2) is 27.3 Å². The van der Waals surface area contributed by atoms with Crippen LogP contribution < -0.4 is 10.6 Å². The molecule has 4 unspecified atom stereocenters. The van der Waals surface area contributed by atoms with Crippen LogP contribution in [0, 0.1) is 35.2 Å². The number of rotatable bonds is 9. The SMILES string of the molecule is C[C@H]1CC2CC(S(=O)(=O)c3cc(C(=O)Nc4cc(F)c(F)c(F)c4)ccc3Cl)CC1[C@@]2(O)CC(=O)NCC(O)C(C)(C)O. The van der Waals surface area contributed by atoms with Gasteiger partial charge in [0.25, 0.3) is 5.91 Å². The number of fused-ring (bicyclic) bond motifs is 2. The molecule has 0 aliphatic heterocycles. The first-order valence-corrected chi connectivity index (χ1v) is 15.7. The Labute approximate surface area is 252 Å². The molecule has 4 rings (SSSR count). The quantitative estimate of drug-likeness (QED) is 0.261. The lowest BCUT2D eigenvalue weighted by atomic mass is 9.71. The molecule has 2 amide bonds. The summed E-state index contributed by atoms with van der Waals surface area (Å²) in [6.07, 6.45) is -1.01. The van der Waals surface area contributed by atoms with Crippen molar-refractivity contribution >= 4 is 38.9 Å². The van der Waals surface area contributed by atoms with Gasteiger partial charge in [-0.25, -0.2) is 21.6 Å². The summed E-state index contributed by atoms with van der Waals surface area (Å²) in [6.45, 7) is 4.43. The molecule has 0 saturated heterocycles. The molecule has 2 fully saturated rings. The average molecular weight is 647 g/mol. The molecule has 9 nitrogen and oxygen atoms in total. The third-order valence-electron chi connectivity index (χ3n) is 8.69. The van der Waals surface area contributed by atoms with E-state index in [1.807, 2.05) is 6.92 Å². The smallest absolute Gasteiger partial charge is 0.255 e. The Morgan fingerprint density at radius 3 is 2.33 bits per heavy atom. The van der Waals surface area contributed by atoms with Crippen molar-refractivity contribution in [1.82, 2.24) is 5.32 Å². The van der Waals surface area contributed by atoms with Gasteiger partial charge in [-0.2, -0.15) is 0 Å². The number of sulfone groups is 1. The number of anilines is 1. The van der Waals surface area contributed by atoms with Crippen LogP contribution in [-0.2, 0) is 14.6 Å². The van der Waals surface area contributed by atoms with Crippen molar-refractivity contribution in [2.75, 3.05) is 11.9 Å². The lowest BCUT2D eigenvalue weighted by Gasteiger charge is -2.43. The zero-order valence-corrected chi connectivity index (χ0v) is 25.3. The van der Waals surface area contributed by atoms with Crippen molar-refractivity contribution in [2.24, 2.45) is 17.8 Å². The summed E-state index contributed by atoms with van der Waals surface area (Å²) in [4.78, 5) is 25.2. The van der Waals surface area contributed by atoms with E-state index >= 15 is 0 Å². The maximum atomic E-state index is 13.8. The number of carbonyl (C=O) groups excluding carboxylic acids is 2. The summed E-state index contributed by atoms with van der Waals surface area (Å²) >= 11 is 6.27. The Kier molecular flexibility index (Phi) is 9.26. The molecule has 2 aliphatic carbocycles. The van der Waals surface area contributed by atoms with Crippen LogP contribution in [-0.4, -0.2) is 64.7 Å². The van der Waals surface area contributed by atoms with Gasteiger partial charge >= 0.3 is 0 Å². The second-order valence-corrected chi connectivity index (χ2v) is 14.8. The summed E-state index contributed by atoms with van der Waals surface area (Å²) in [7, 11) is -4.16. The first kappa shape index (κ1) is 33.2. The predicted octanol–water partition coefficient (Wildman–Crippen LogP) is 3.59. The number of benzene rings is 2. The number of hydrogen-bond donors (Lipinski definition) is 5. The Morgan fingerprint density at radius 2 is 1.74 bits per heavy atom. The van der Waals surface area contributed by atoms with Crippen LogP contribution in [0.2, 0.25) is 5.02 Å². The van der Waals surface area contributed by atoms with Gasteiger partial charge in [-0.15, -0.1) is 0 Å². The van der Waals surface area contributed by atoms with Gasteiger partial charge in [0.05, 0.1) is 38.9 Å². The molecule has 43 heavy (non-hydrogen) atoms. The van der Waals surface area contributed by atoms with Crippen LogP contribution in [0.4, 0.5) is 18.9 Å². The fourth-order valence-corrected chi connectivity index (χ4v) is 8.60. The monoisotopic (exact) mass is 646 g/mol. The van der Waals surface area contributed by atoms with Gasteiger partial charge in [0, 0.05) is 29.9 Å². The zero-order chi connectivity index (χ0) is 32.1. The third kappa shape index (κ3) is 6.70. The minimum Gasteiger partial charge on any atom is -0.389 e. The van der Waals surface area contributed by atoms with E-state index in [2.05, 4.69) is 10.6 Å². The molecular weight excluding hydrogens is 613 g/mol. The molecule has 2 bridgehead atoms. The van der Waals surface area contributed by atoms with Gasteiger partial charge in [-0.05, 0) is 69.1 Å². The predicted molar refractivity (Wildman–Crippen MR) is 152 cm³/mol. The maximum absolute atomic E-state index is 13.8. The molecule has 2 saturated carbocycles. The second-order valence-electron chi connectivity index (χ2n) is 12.1. The Morgan fingerprint density at radius 1 is 1.12 bits per heavy atom. The highest BCUT2D eigenvalue weighted by molar-refractivity contribution is 7.92. The Balaban J connectivity index is 1.51. The molecule has 0 spiro atoms. The van der Waals surface area contributed by atoms with Crippen molar-refractivity contribution in [3.8, 4) is 0 Å².